The summed E-state index contributed by atoms with van der Waals surface area (Å²) in [6, 6.07) is 31.8. The Balaban J connectivity index is 1.23. The lowest BCUT2D eigenvalue weighted by Gasteiger charge is -2.32. The molecule has 1 aliphatic heterocycles. The molecule has 3 heterocycles. The van der Waals surface area contributed by atoms with Crippen molar-refractivity contribution in [2.75, 3.05) is 0 Å². The summed E-state index contributed by atoms with van der Waals surface area (Å²) in [5, 5.41) is 6.77. The van der Waals surface area contributed by atoms with Gasteiger partial charge in [-0.15, -0.1) is 0 Å². The van der Waals surface area contributed by atoms with Crippen LogP contribution >= 0.6 is 0 Å². The third-order valence-electron chi connectivity index (χ3n) is 8.69. The van der Waals surface area contributed by atoms with Crippen LogP contribution < -0.4 is 5.46 Å². The van der Waals surface area contributed by atoms with Gasteiger partial charge in [-0.2, -0.15) is 0 Å². The molecule has 0 radical (unpaired) electrons. The van der Waals surface area contributed by atoms with Gasteiger partial charge in [0.1, 0.15) is 22.3 Å². The molecule has 0 spiro atoms. The van der Waals surface area contributed by atoms with Crippen LogP contribution in [0.5, 0.6) is 0 Å². The zero-order chi connectivity index (χ0) is 26.5. The van der Waals surface area contributed by atoms with Crippen LogP contribution in [0, 0.1) is 0 Å². The van der Waals surface area contributed by atoms with E-state index in [1.807, 2.05) is 24.3 Å². The van der Waals surface area contributed by atoms with Gasteiger partial charge in [-0.1, -0.05) is 48.5 Å². The lowest BCUT2D eigenvalue weighted by atomic mass is 9.78. The average Bonchev–Trinajstić information content (AvgIpc) is 3.54. The molecule has 0 saturated carbocycles. The summed E-state index contributed by atoms with van der Waals surface area (Å²) < 4.78 is 24.9. The molecular formula is C34H27BO4. The molecule has 2 aromatic heterocycles. The summed E-state index contributed by atoms with van der Waals surface area (Å²) in [7, 11) is -0.413. The largest absolute Gasteiger partial charge is 0.494 e. The minimum Gasteiger partial charge on any atom is -0.456 e. The third kappa shape index (κ3) is 3.40. The average molecular weight is 510 g/mol. The Labute approximate surface area is 226 Å². The Kier molecular flexibility index (Phi) is 4.55. The molecule has 1 aliphatic rings. The van der Waals surface area contributed by atoms with Crippen LogP contribution in [-0.2, 0) is 9.31 Å². The molecule has 8 rings (SSSR count). The van der Waals surface area contributed by atoms with E-state index in [-0.39, 0.29) is 11.2 Å². The number of hydrogen-bond acceptors (Lipinski definition) is 4. The fourth-order valence-corrected chi connectivity index (χ4v) is 5.75. The van der Waals surface area contributed by atoms with E-state index in [1.54, 1.807) is 0 Å². The van der Waals surface area contributed by atoms with Crippen molar-refractivity contribution in [2.45, 2.75) is 38.9 Å². The topological polar surface area (TPSA) is 44.7 Å². The van der Waals surface area contributed by atoms with E-state index in [0.29, 0.717) is 0 Å². The minimum atomic E-state index is -0.413. The fourth-order valence-electron chi connectivity index (χ4n) is 5.75. The van der Waals surface area contributed by atoms with Crippen molar-refractivity contribution in [1.82, 2.24) is 0 Å². The lowest BCUT2D eigenvalue weighted by molar-refractivity contribution is 0.00578. The highest BCUT2D eigenvalue weighted by Crippen LogP contribution is 2.38. The molecule has 0 bridgehead atoms. The molecule has 0 aliphatic carbocycles. The van der Waals surface area contributed by atoms with Gasteiger partial charge in [0, 0.05) is 21.5 Å². The van der Waals surface area contributed by atoms with Gasteiger partial charge in [0.05, 0.1) is 11.2 Å². The molecule has 7 aromatic rings. The number of furan rings is 2. The molecular weight excluding hydrogens is 483 g/mol. The van der Waals surface area contributed by atoms with Gasteiger partial charge < -0.3 is 18.1 Å². The molecule has 4 nitrogen and oxygen atoms in total. The van der Waals surface area contributed by atoms with Gasteiger partial charge >= 0.3 is 7.12 Å². The van der Waals surface area contributed by atoms with Gasteiger partial charge in [-0.05, 0) is 97.5 Å². The SMILES string of the molecule is CC1(C)OB(c2ccc3oc4ccc(-c5ccc6cc7oc8ccccc8c7cc6c5)cc4c3c2)OC1(C)C. The second-order valence-electron chi connectivity index (χ2n) is 11.7. The van der Waals surface area contributed by atoms with E-state index in [4.69, 9.17) is 18.1 Å². The molecule has 0 unspecified atom stereocenters. The van der Waals surface area contributed by atoms with E-state index in [0.717, 1.165) is 65.9 Å². The Morgan fingerprint density at radius 3 is 1.92 bits per heavy atom. The summed E-state index contributed by atoms with van der Waals surface area (Å²) in [5.74, 6) is 0. The second kappa shape index (κ2) is 7.75. The van der Waals surface area contributed by atoms with Crippen LogP contribution in [0.2, 0.25) is 0 Å². The monoisotopic (exact) mass is 510 g/mol. The van der Waals surface area contributed by atoms with Crippen LogP contribution in [0.4, 0.5) is 0 Å². The van der Waals surface area contributed by atoms with Crippen LogP contribution in [0.3, 0.4) is 0 Å². The van der Waals surface area contributed by atoms with Crippen molar-refractivity contribution < 1.29 is 18.1 Å². The molecule has 5 heteroatoms. The van der Waals surface area contributed by atoms with Gasteiger partial charge in [0.15, 0.2) is 0 Å². The van der Waals surface area contributed by atoms with Gasteiger partial charge in [-0.3, -0.25) is 0 Å². The summed E-state index contributed by atoms with van der Waals surface area (Å²) in [4.78, 5) is 0. The Bertz CT molecular complexity index is 2080. The molecule has 39 heavy (non-hydrogen) atoms. The van der Waals surface area contributed by atoms with Gasteiger partial charge in [-0.25, -0.2) is 0 Å². The fraction of sp³-hybridized carbons (Fsp3) is 0.176. The maximum atomic E-state index is 6.31. The highest BCUT2D eigenvalue weighted by atomic mass is 16.7. The number of hydrogen-bond donors (Lipinski definition) is 0. The molecule has 0 N–H and O–H groups in total. The van der Waals surface area contributed by atoms with E-state index in [2.05, 4.69) is 94.4 Å². The van der Waals surface area contributed by atoms with E-state index in [1.165, 1.54) is 5.39 Å². The molecule has 0 amide bonds. The summed E-state index contributed by atoms with van der Waals surface area (Å²) >= 11 is 0. The number of benzene rings is 5. The molecule has 190 valence electrons. The van der Waals surface area contributed by atoms with Crippen molar-refractivity contribution in [3.63, 3.8) is 0 Å². The summed E-state index contributed by atoms with van der Waals surface area (Å²) in [5.41, 5.74) is 6.09. The van der Waals surface area contributed by atoms with Crippen molar-refractivity contribution in [3.8, 4) is 11.1 Å². The van der Waals surface area contributed by atoms with Crippen LogP contribution in [0.15, 0.2) is 99.8 Å². The minimum absolute atomic E-state index is 0.386. The Morgan fingerprint density at radius 2 is 1.10 bits per heavy atom. The number of fused-ring (bicyclic) bond motifs is 7. The van der Waals surface area contributed by atoms with Crippen molar-refractivity contribution in [1.29, 1.82) is 0 Å². The molecule has 5 aromatic carbocycles. The Hall–Kier alpha value is -4.06. The predicted molar refractivity (Wildman–Crippen MR) is 160 cm³/mol. The van der Waals surface area contributed by atoms with Crippen molar-refractivity contribution in [2.24, 2.45) is 0 Å². The zero-order valence-corrected chi connectivity index (χ0v) is 22.4. The highest BCUT2D eigenvalue weighted by Gasteiger charge is 2.51. The first-order chi connectivity index (χ1) is 18.8. The summed E-state index contributed by atoms with van der Waals surface area (Å²) in [6.07, 6.45) is 0. The first kappa shape index (κ1) is 22.9. The van der Waals surface area contributed by atoms with E-state index in [9.17, 15) is 0 Å². The maximum Gasteiger partial charge on any atom is 0.494 e. The van der Waals surface area contributed by atoms with E-state index >= 15 is 0 Å². The third-order valence-corrected chi connectivity index (χ3v) is 8.69. The highest BCUT2D eigenvalue weighted by molar-refractivity contribution is 6.62. The zero-order valence-electron chi connectivity index (χ0n) is 22.4. The van der Waals surface area contributed by atoms with Crippen molar-refractivity contribution >= 4 is 67.2 Å². The van der Waals surface area contributed by atoms with Crippen LogP contribution in [0.1, 0.15) is 27.7 Å². The second-order valence-corrected chi connectivity index (χ2v) is 11.7. The molecule has 1 fully saturated rings. The van der Waals surface area contributed by atoms with Crippen LogP contribution in [-0.4, -0.2) is 18.3 Å². The number of rotatable bonds is 2. The quantitative estimate of drug-likeness (QED) is 0.219. The first-order valence-electron chi connectivity index (χ1n) is 13.4. The molecule has 0 atom stereocenters. The maximum absolute atomic E-state index is 6.31. The number of para-hydroxylation sites is 1. The Morgan fingerprint density at radius 1 is 0.487 bits per heavy atom. The first-order valence-corrected chi connectivity index (χ1v) is 13.4. The summed E-state index contributed by atoms with van der Waals surface area (Å²) in [6.45, 7) is 8.31. The van der Waals surface area contributed by atoms with Gasteiger partial charge in [0.2, 0.25) is 0 Å². The standard InChI is InChI=1S/C34H27BO4/c1-33(2)34(3,4)39-35(38-33)24-12-14-31-28(19-24)27-16-21(11-13-30(27)36-31)20-9-10-22-18-32-26(17-23(22)15-20)25-7-5-6-8-29(25)37-32/h5-19H,1-4H3. The predicted octanol–water partition coefficient (Wildman–Crippen LogP) is 8.60. The van der Waals surface area contributed by atoms with Gasteiger partial charge in [0.25, 0.3) is 0 Å². The van der Waals surface area contributed by atoms with Crippen molar-refractivity contribution in [3.05, 3.63) is 91.0 Å². The van der Waals surface area contributed by atoms with E-state index < -0.39 is 7.12 Å². The smallest absolute Gasteiger partial charge is 0.456 e. The normalized spacial score (nSPS) is 16.9. The lowest BCUT2D eigenvalue weighted by Crippen LogP contribution is -2.41. The van der Waals surface area contributed by atoms with Crippen LogP contribution in [0.25, 0.3) is 65.8 Å². The molecule has 1 saturated heterocycles.